The molecule has 0 radical (unpaired) electrons. The highest BCUT2D eigenvalue weighted by Crippen LogP contribution is 2.32. The molecule has 6 heteroatoms. The number of nitrogen functional groups attached to an aromatic ring is 1. The third-order valence-corrected chi connectivity index (χ3v) is 4.78. The van der Waals surface area contributed by atoms with Crippen molar-refractivity contribution in [2.75, 3.05) is 36.6 Å². The summed E-state index contributed by atoms with van der Waals surface area (Å²) in [5.74, 6) is 0.418. The van der Waals surface area contributed by atoms with Crippen LogP contribution in [0.4, 0.5) is 11.4 Å². The average molecular weight is 284 g/mol. The summed E-state index contributed by atoms with van der Waals surface area (Å²) in [6.07, 6.45) is 3.10. The van der Waals surface area contributed by atoms with Gasteiger partial charge in [-0.1, -0.05) is 6.07 Å². The Balaban J connectivity index is 2.34. The second-order valence-electron chi connectivity index (χ2n) is 4.94. The second-order valence-corrected chi connectivity index (χ2v) is 6.95. The van der Waals surface area contributed by atoms with Crippen molar-refractivity contribution in [1.82, 2.24) is 0 Å². The molecule has 1 aromatic carbocycles. The maximum Gasteiger partial charge on any atom is 0.232 e. The van der Waals surface area contributed by atoms with E-state index in [2.05, 4.69) is 0 Å². The molecule has 1 fully saturated rings. The van der Waals surface area contributed by atoms with Gasteiger partial charge < -0.3 is 10.5 Å². The monoisotopic (exact) mass is 284 g/mol. The van der Waals surface area contributed by atoms with Crippen molar-refractivity contribution in [2.45, 2.75) is 18.8 Å². The molecule has 1 aromatic rings. The minimum Gasteiger partial charge on any atom is -0.397 e. The number of ether oxygens (including phenoxy) is 1. The highest BCUT2D eigenvalue weighted by Gasteiger charge is 2.20. The predicted molar refractivity (Wildman–Crippen MR) is 76.9 cm³/mol. The zero-order valence-corrected chi connectivity index (χ0v) is 12.1. The molecule has 1 aliphatic heterocycles. The summed E-state index contributed by atoms with van der Waals surface area (Å²) in [5.41, 5.74) is 8.04. The van der Waals surface area contributed by atoms with Crippen LogP contribution >= 0.6 is 0 Å². The number of rotatable bonds is 3. The van der Waals surface area contributed by atoms with E-state index < -0.39 is 10.0 Å². The molecule has 1 saturated heterocycles. The first kappa shape index (κ1) is 14.1. The van der Waals surface area contributed by atoms with Gasteiger partial charge in [-0.2, -0.15) is 0 Å². The summed E-state index contributed by atoms with van der Waals surface area (Å²) in [4.78, 5) is 0. The molecule has 1 aliphatic rings. The van der Waals surface area contributed by atoms with Gasteiger partial charge in [0.05, 0.1) is 17.6 Å². The number of hydrogen-bond acceptors (Lipinski definition) is 4. The molecule has 2 N–H and O–H groups in total. The Bertz CT molecular complexity index is 551. The number of anilines is 2. The number of hydrogen-bond donors (Lipinski definition) is 1. The van der Waals surface area contributed by atoms with Gasteiger partial charge in [0, 0.05) is 20.3 Å². The number of nitrogens with zero attached hydrogens (tertiary/aromatic N) is 1. The molecule has 0 bridgehead atoms. The van der Waals surface area contributed by atoms with Crippen LogP contribution in [0.1, 0.15) is 24.3 Å². The van der Waals surface area contributed by atoms with Crippen LogP contribution in [0.2, 0.25) is 0 Å². The van der Waals surface area contributed by atoms with Crippen molar-refractivity contribution in [3.8, 4) is 0 Å². The van der Waals surface area contributed by atoms with E-state index in [4.69, 9.17) is 10.5 Å². The lowest BCUT2D eigenvalue weighted by molar-refractivity contribution is 0.0853. The van der Waals surface area contributed by atoms with Crippen LogP contribution in [0, 0.1) is 0 Å². The topological polar surface area (TPSA) is 72.6 Å². The third-order valence-electron chi connectivity index (χ3n) is 3.58. The zero-order valence-electron chi connectivity index (χ0n) is 11.3. The number of benzene rings is 1. The largest absolute Gasteiger partial charge is 0.397 e. The quantitative estimate of drug-likeness (QED) is 0.855. The average Bonchev–Trinajstić information content (AvgIpc) is 2.38. The summed E-state index contributed by atoms with van der Waals surface area (Å²) < 4.78 is 29.8. The van der Waals surface area contributed by atoms with E-state index in [-0.39, 0.29) is 0 Å². The second kappa shape index (κ2) is 5.38. The Morgan fingerprint density at radius 1 is 1.32 bits per heavy atom. The predicted octanol–water partition coefficient (Wildman–Crippen LogP) is 1.56. The molecule has 2 rings (SSSR count). The van der Waals surface area contributed by atoms with Crippen LogP contribution < -0.4 is 10.0 Å². The lowest BCUT2D eigenvalue weighted by Gasteiger charge is -2.25. The number of sulfonamides is 1. The highest BCUT2D eigenvalue weighted by molar-refractivity contribution is 7.92. The molecular weight excluding hydrogens is 264 g/mol. The van der Waals surface area contributed by atoms with E-state index in [1.807, 2.05) is 12.1 Å². The fourth-order valence-corrected chi connectivity index (χ4v) is 2.81. The fourth-order valence-electron chi connectivity index (χ4n) is 2.30. The van der Waals surface area contributed by atoms with E-state index in [1.165, 1.54) is 17.6 Å². The lowest BCUT2D eigenvalue weighted by Crippen LogP contribution is -2.26. The Morgan fingerprint density at radius 3 is 2.53 bits per heavy atom. The molecule has 106 valence electrons. The summed E-state index contributed by atoms with van der Waals surface area (Å²) in [6, 6.07) is 5.64. The van der Waals surface area contributed by atoms with Gasteiger partial charge in [0.25, 0.3) is 0 Å². The van der Waals surface area contributed by atoms with Gasteiger partial charge in [-0.3, -0.25) is 4.31 Å². The molecule has 0 aliphatic carbocycles. The molecule has 0 saturated carbocycles. The van der Waals surface area contributed by atoms with Crippen molar-refractivity contribution in [2.24, 2.45) is 0 Å². The summed E-state index contributed by atoms with van der Waals surface area (Å²) in [6.45, 7) is 1.51. The molecule has 0 aromatic heterocycles. The molecular formula is C13H20N2O3S. The van der Waals surface area contributed by atoms with E-state index in [9.17, 15) is 8.42 Å². The summed E-state index contributed by atoms with van der Waals surface area (Å²) >= 11 is 0. The van der Waals surface area contributed by atoms with Crippen molar-refractivity contribution in [3.05, 3.63) is 23.8 Å². The van der Waals surface area contributed by atoms with Crippen LogP contribution in [0.25, 0.3) is 0 Å². The van der Waals surface area contributed by atoms with E-state index in [1.54, 1.807) is 6.07 Å². The third kappa shape index (κ3) is 3.19. The Kier molecular flexibility index (Phi) is 4.01. The van der Waals surface area contributed by atoms with Crippen molar-refractivity contribution in [1.29, 1.82) is 0 Å². The molecule has 0 spiro atoms. The van der Waals surface area contributed by atoms with Crippen molar-refractivity contribution in [3.63, 3.8) is 0 Å². The van der Waals surface area contributed by atoms with Gasteiger partial charge in [-0.15, -0.1) is 0 Å². The zero-order chi connectivity index (χ0) is 14.0. The molecule has 0 atom stereocenters. The van der Waals surface area contributed by atoms with Crippen LogP contribution in [-0.4, -0.2) is 34.9 Å². The highest BCUT2D eigenvalue weighted by atomic mass is 32.2. The van der Waals surface area contributed by atoms with E-state index in [0.29, 0.717) is 17.3 Å². The van der Waals surface area contributed by atoms with Gasteiger partial charge in [0.2, 0.25) is 10.0 Å². The minimum absolute atomic E-state index is 0.418. The first-order valence-electron chi connectivity index (χ1n) is 6.30. The Morgan fingerprint density at radius 2 is 1.95 bits per heavy atom. The van der Waals surface area contributed by atoms with Crippen LogP contribution in [0.15, 0.2) is 18.2 Å². The van der Waals surface area contributed by atoms with Crippen LogP contribution in [0.3, 0.4) is 0 Å². The smallest absolute Gasteiger partial charge is 0.232 e. The van der Waals surface area contributed by atoms with Gasteiger partial charge in [-0.05, 0) is 36.5 Å². The minimum atomic E-state index is -3.30. The SMILES string of the molecule is CN(c1cc(C2CCOCC2)ccc1N)S(C)(=O)=O. The molecule has 5 nitrogen and oxygen atoms in total. The lowest BCUT2D eigenvalue weighted by atomic mass is 9.91. The summed E-state index contributed by atoms with van der Waals surface area (Å²) in [7, 11) is -1.77. The Labute approximate surface area is 114 Å². The molecule has 19 heavy (non-hydrogen) atoms. The van der Waals surface area contributed by atoms with Gasteiger partial charge in [0.1, 0.15) is 0 Å². The molecule has 1 heterocycles. The first-order valence-corrected chi connectivity index (χ1v) is 8.15. The standard InChI is InChI=1S/C13H20N2O3S/c1-15(19(2,16)17)13-9-11(3-4-12(13)14)10-5-7-18-8-6-10/h3-4,9-10H,5-8,14H2,1-2H3. The van der Waals surface area contributed by atoms with Crippen LogP contribution in [0.5, 0.6) is 0 Å². The van der Waals surface area contributed by atoms with E-state index >= 15 is 0 Å². The number of nitrogens with two attached hydrogens (primary N) is 1. The molecule has 0 amide bonds. The van der Waals surface area contributed by atoms with E-state index in [0.717, 1.165) is 31.6 Å². The first-order chi connectivity index (χ1) is 8.89. The van der Waals surface area contributed by atoms with Gasteiger partial charge >= 0.3 is 0 Å². The van der Waals surface area contributed by atoms with Crippen LogP contribution in [-0.2, 0) is 14.8 Å². The maximum absolute atomic E-state index is 11.6. The summed E-state index contributed by atoms with van der Waals surface area (Å²) in [5, 5.41) is 0. The Hall–Kier alpha value is -1.27. The maximum atomic E-state index is 11.6. The normalized spacial score (nSPS) is 17.4. The van der Waals surface area contributed by atoms with Crippen molar-refractivity contribution >= 4 is 21.4 Å². The van der Waals surface area contributed by atoms with Gasteiger partial charge in [0.15, 0.2) is 0 Å². The van der Waals surface area contributed by atoms with Gasteiger partial charge in [-0.25, -0.2) is 8.42 Å². The molecule has 0 unspecified atom stereocenters. The van der Waals surface area contributed by atoms with Crippen molar-refractivity contribution < 1.29 is 13.2 Å². The fraction of sp³-hybridized carbons (Fsp3) is 0.538.